The van der Waals surface area contributed by atoms with E-state index in [0.717, 1.165) is 10.9 Å². The average Bonchev–Trinajstić information content (AvgIpc) is 2.76. The Kier molecular flexibility index (Phi) is 5.58. The highest BCUT2D eigenvalue weighted by atomic mass is 32.2. The molecule has 0 spiro atoms. The number of hydrogen-bond donors (Lipinski definition) is 1. The predicted molar refractivity (Wildman–Crippen MR) is 121 cm³/mol. The van der Waals surface area contributed by atoms with Crippen LogP contribution in [0.1, 0.15) is 18.1 Å². The molecule has 1 atom stereocenters. The van der Waals surface area contributed by atoms with Crippen LogP contribution in [0, 0.1) is 13.8 Å². The van der Waals surface area contributed by atoms with Crippen LogP contribution in [0.3, 0.4) is 0 Å². The molecule has 3 aromatic carbocycles. The first-order valence-electron chi connectivity index (χ1n) is 9.93. The van der Waals surface area contributed by atoms with Crippen LogP contribution in [0.4, 0.5) is 0 Å². The Bertz CT molecular complexity index is 1500. The third-order valence-corrected chi connectivity index (χ3v) is 6.77. The summed E-state index contributed by atoms with van der Waals surface area (Å²) in [7, 11) is -3.90. The molecule has 8 heteroatoms. The molecule has 0 bridgehead atoms. The molecule has 1 N–H and O–H groups in total. The third-order valence-electron chi connectivity index (χ3n) is 5.22. The van der Waals surface area contributed by atoms with Crippen molar-refractivity contribution in [3.05, 3.63) is 82.2 Å². The minimum absolute atomic E-state index is 0.0540. The molecular weight excluding hydrogens is 430 g/mol. The van der Waals surface area contributed by atoms with E-state index >= 15 is 0 Å². The highest BCUT2D eigenvalue weighted by Crippen LogP contribution is 2.31. The summed E-state index contributed by atoms with van der Waals surface area (Å²) in [5, 5.41) is 1.91. The molecule has 0 radical (unpaired) electrons. The Labute approximate surface area is 184 Å². The normalized spacial score (nSPS) is 12.7. The molecule has 0 fully saturated rings. The summed E-state index contributed by atoms with van der Waals surface area (Å²) >= 11 is 0. The van der Waals surface area contributed by atoms with Gasteiger partial charge in [0.15, 0.2) is 0 Å². The van der Waals surface area contributed by atoms with Crippen LogP contribution < -0.4 is 15.1 Å². The van der Waals surface area contributed by atoms with E-state index < -0.39 is 27.7 Å². The minimum atomic E-state index is -3.90. The van der Waals surface area contributed by atoms with Crippen LogP contribution in [0.5, 0.6) is 5.75 Å². The van der Waals surface area contributed by atoms with Gasteiger partial charge in [0.05, 0.1) is 10.3 Å². The van der Waals surface area contributed by atoms with E-state index in [0.29, 0.717) is 21.9 Å². The summed E-state index contributed by atoms with van der Waals surface area (Å²) in [6, 6.07) is 15.5. The van der Waals surface area contributed by atoms with Gasteiger partial charge in [0, 0.05) is 10.9 Å². The number of sulfonamides is 1. The van der Waals surface area contributed by atoms with Crippen LogP contribution in [0.25, 0.3) is 21.7 Å². The molecule has 32 heavy (non-hydrogen) atoms. The number of carbonyl (C=O) groups excluding carboxylic acids is 1. The van der Waals surface area contributed by atoms with Crippen molar-refractivity contribution in [2.75, 3.05) is 0 Å². The first-order valence-corrected chi connectivity index (χ1v) is 11.4. The Balaban J connectivity index is 1.60. The van der Waals surface area contributed by atoms with Crippen molar-refractivity contribution in [3.63, 3.8) is 0 Å². The Morgan fingerprint density at radius 2 is 1.59 bits per heavy atom. The van der Waals surface area contributed by atoms with E-state index in [2.05, 4.69) is 4.72 Å². The molecule has 7 nitrogen and oxygen atoms in total. The standard InChI is InChI=1S/C24H21NO6S/c1-14-8-10-17(11-9-14)32(28,29)25-16(3)23(26)30-21-13-12-19-18-6-4-5-7-20(18)24(27)31-22(19)15(21)2/h4-13,16,25H,1-3H3/t16-/m0/s1. The molecule has 1 aromatic heterocycles. The topological polar surface area (TPSA) is 103 Å². The second kappa shape index (κ2) is 8.22. The fraction of sp³-hybridized carbons (Fsp3) is 0.167. The van der Waals surface area contributed by atoms with Gasteiger partial charge in [-0.05, 0) is 56.5 Å². The minimum Gasteiger partial charge on any atom is -0.425 e. The summed E-state index contributed by atoms with van der Waals surface area (Å²) < 4.78 is 38.3. The molecule has 4 rings (SSSR count). The van der Waals surface area contributed by atoms with Crippen LogP contribution in [-0.4, -0.2) is 20.4 Å². The highest BCUT2D eigenvalue weighted by molar-refractivity contribution is 7.89. The second-order valence-corrected chi connectivity index (χ2v) is 9.29. The fourth-order valence-electron chi connectivity index (χ4n) is 3.43. The summed E-state index contributed by atoms with van der Waals surface area (Å²) in [5.41, 5.74) is 1.21. The van der Waals surface area contributed by atoms with Gasteiger partial charge >= 0.3 is 11.6 Å². The first-order chi connectivity index (χ1) is 15.2. The monoisotopic (exact) mass is 451 g/mol. The smallest absolute Gasteiger partial charge is 0.344 e. The lowest BCUT2D eigenvalue weighted by atomic mass is 10.0. The molecule has 0 aliphatic heterocycles. The number of hydrogen-bond acceptors (Lipinski definition) is 6. The number of rotatable bonds is 5. The van der Waals surface area contributed by atoms with Gasteiger partial charge in [0.25, 0.3) is 0 Å². The Morgan fingerprint density at radius 1 is 0.938 bits per heavy atom. The molecule has 0 aliphatic rings. The van der Waals surface area contributed by atoms with Crippen molar-refractivity contribution >= 4 is 37.7 Å². The largest absolute Gasteiger partial charge is 0.425 e. The third kappa shape index (κ3) is 4.02. The lowest BCUT2D eigenvalue weighted by Gasteiger charge is -2.15. The molecule has 1 heterocycles. The van der Waals surface area contributed by atoms with Gasteiger partial charge in [-0.3, -0.25) is 0 Å². The zero-order chi connectivity index (χ0) is 23.0. The zero-order valence-corrected chi connectivity index (χ0v) is 18.5. The Morgan fingerprint density at radius 3 is 2.28 bits per heavy atom. The Hall–Kier alpha value is -3.49. The maximum absolute atomic E-state index is 12.6. The van der Waals surface area contributed by atoms with Crippen molar-refractivity contribution in [1.29, 1.82) is 0 Å². The van der Waals surface area contributed by atoms with Gasteiger partial charge in [0.2, 0.25) is 10.0 Å². The van der Waals surface area contributed by atoms with E-state index in [1.807, 2.05) is 19.1 Å². The lowest BCUT2D eigenvalue weighted by molar-refractivity contribution is -0.135. The van der Waals surface area contributed by atoms with Crippen LogP contribution in [0.15, 0.2) is 74.8 Å². The first kappa shape index (κ1) is 21.7. The maximum atomic E-state index is 12.6. The van der Waals surface area contributed by atoms with E-state index in [4.69, 9.17) is 9.15 Å². The van der Waals surface area contributed by atoms with Gasteiger partial charge in [-0.1, -0.05) is 35.9 Å². The molecular formula is C24H21NO6S. The zero-order valence-electron chi connectivity index (χ0n) is 17.7. The molecule has 0 saturated carbocycles. The van der Waals surface area contributed by atoms with Gasteiger partial charge in [-0.15, -0.1) is 0 Å². The number of carbonyl (C=O) groups is 1. The fourth-order valence-corrected chi connectivity index (χ4v) is 4.63. The summed E-state index contributed by atoms with van der Waals surface area (Å²) in [6.45, 7) is 4.92. The van der Waals surface area contributed by atoms with Crippen LogP contribution in [-0.2, 0) is 14.8 Å². The number of esters is 1. The van der Waals surface area contributed by atoms with E-state index in [-0.39, 0.29) is 10.6 Å². The van der Waals surface area contributed by atoms with E-state index in [1.165, 1.54) is 19.1 Å². The van der Waals surface area contributed by atoms with Crippen molar-refractivity contribution in [3.8, 4) is 5.75 Å². The summed E-state index contributed by atoms with van der Waals surface area (Å²) in [5.74, 6) is -0.603. The van der Waals surface area contributed by atoms with Gasteiger partial charge in [0.1, 0.15) is 17.4 Å². The van der Waals surface area contributed by atoms with Crippen molar-refractivity contribution in [2.45, 2.75) is 31.7 Å². The van der Waals surface area contributed by atoms with Crippen LogP contribution >= 0.6 is 0 Å². The molecule has 164 valence electrons. The van der Waals surface area contributed by atoms with E-state index in [1.54, 1.807) is 43.3 Å². The van der Waals surface area contributed by atoms with Crippen LogP contribution in [0.2, 0.25) is 0 Å². The molecule has 0 unspecified atom stereocenters. The number of aryl methyl sites for hydroxylation is 2. The van der Waals surface area contributed by atoms with Gasteiger partial charge < -0.3 is 9.15 Å². The number of ether oxygens (including phenoxy) is 1. The number of fused-ring (bicyclic) bond motifs is 3. The molecule has 0 aliphatic carbocycles. The van der Waals surface area contributed by atoms with Crippen molar-refractivity contribution in [2.24, 2.45) is 0 Å². The lowest BCUT2D eigenvalue weighted by Crippen LogP contribution is -2.40. The van der Waals surface area contributed by atoms with E-state index in [9.17, 15) is 18.0 Å². The number of benzene rings is 3. The number of nitrogens with one attached hydrogen (secondary N) is 1. The predicted octanol–water partition coefficient (Wildman–Crippen LogP) is 3.84. The molecule has 4 aromatic rings. The quantitative estimate of drug-likeness (QED) is 0.214. The molecule has 0 saturated heterocycles. The van der Waals surface area contributed by atoms with Crippen molar-refractivity contribution < 1.29 is 22.4 Å². The SMILES string of the molecule is Cc1ccc(S(=O)(=O)N[C@@H](C)C(=O)Oc2ccc3c(oc(=O)c4ccccc43)c2C)cc1. The van der Waals surface area contributed by atoms with Crippen molar-refractivity contribution in [1.82, 2.24) is 4.72 Å². The second-order valence-electron chi connectivity index (χ2n) is 7.58. The van der Waals surface area contributed by atoms with Gasteiger partial charge in [-0.25, -0.2) is 18.0 Å². The highest BCUT2D eigenvalue weighted by Gasteiger charge is 2.24. The van der Waals surface area contributed by atoms with Gasteiger partial charge in [-0.2, -0.15) is 4.72 Å². The average molecular weight is 452 g/mol. The summed E-state index contributed by atoms with van der Waals surface area (Å²) in [4.78, 5) is 25.0. The maximum Gasteiger partial charge on any atom is 0.344 e. The summed E-state index contributed by atoms with van der Waals surface area (Å²) in [6.07, 6.45) is 0. The molecule has 0 amide bonds.